The third-order valence-corrected chi connectivity index (χ3v) is 4.60. The zero-order valence-electron chi connectivity index (χ0n) is 13.3. The van der Waals surface area contributed by atoms with E-state index in [1.807, 2.05) is 30.3 Å². The number of carbonyl (C=O) groups is 1. The van der Waals surface area contributed by atoms with Crippen LogP contribution in [0.25, 0.3) is 0 Å². The predicted octanol–water partition coefficient (Wildman–Crippen LogP) is 3.94. The number of benzene rings is 2. The van der Waals surface area contributed by atoms with Gasteiger partial charge in [0.05, 0.1) is 0 Å². The molecule has 0 saturated heterocycles. The van der Waals surface area contributed by atoms with E-state index >= 15 is 0 Å². The van der Waals surface area contributed by atoms with Crippen molar-refractivity contribution >= 4 is 30.1 Å². The lowest BCUT2D eigenvalue weighted by Crippen LogP contribution is -2.29. The van der Waals surface area contributed by atoms with E-state index in [1.165, 1.54) is 23.9 Å². The van der Waals surface area contributed by atoms with Gasteiger partial charge in [-0.3, -0.25) is 4.79 Å². The molecule has 6 heteroatoms. The van der Waals surface area contributed by atoms with Crippen LogP contribution in [0.3, 0.4) is 0 Å². The fraction of sp³-hybridized carbons (Fsp3) is 0.278. The van der Waals surface area contributed by atoms with Gasteiger partial charge in [-0.15, -0.1) is 24.2 Å². The highest BCUT2D eigenvalue weighted by Crippen LogP contribution is 2.35. The molecule has 0 bridgehead atoms. The zero-order valence-corrected chi connectivity index (χ0v) is 14.9. The monoisotopic (exact) mass is 368 g/mol. The molecule has 0 aliphatic heterocycles. The number of hydrogen-bond acceptors (Lipinski definition) is 3. The molecule has 0 saturated carbocycles. The summed E-state index contributed by atoms with van der Waals surface area (Å²) in [6.45, 7) is 1.24. The summed E-state index contributed by atoms with van der Waals surface area (Å²) in [6.07, 6.45) is 1.76. The maximum Gasteiger partial charge on any atom is 0.237 e. The van der Waals surface area contributed by atoms with Crippen molar-refractivity contribution in [3.63, 3.8) is 0 Å². The lowest BCUT2D eigenvalue weighted by molar-refractivity contribution is -0.120. The molecule has 0 fully saturated rings. The fourth-order valence-electron chi connectivity index (χ4n) is 2.12. The van der Waals surface area contributed by atoms with E-state index < -0.39 is 0 Å². The number of carbonyl (C=O) groups excluding carboxylic acids is 1. The second-order valence-corrected chi connectivity index (χ2v) is 6.33. The second-order valence-electron chi connectivity index (χ2n) is 5.15. The largest absolute Gasteiger partial charge is 0.355 e. The van der Waals surface area contributed by atoms with Gasteiger partial charge in [0, 0.05) is 11.4 Å². The molecular weight excluding hydrogens is 347 g/mol. The molecule has 3 nitrogen and oxygen atoms in total. The molecule has 0 radical (unpaired) electrons. The second kappa shape index (κ2) is 11.1. The summed E-state index contributed by atoms with van der Waals surface area (Å²) in [5.74, 6) is -0.320. The molecule has 130 valence electrons. The first-order chi connectivity index (χ1) is 11.2. The van der Waals surface area contributed by atoms with E-state index in [9.17, 15) is 9.18 Å². The molecule has 24 heavy (non-hydrogen) atoms. The van der Waals surface area contributed by atoms with Crippen LogP contribution in [-0.4, -0.2) is 19.0 Å². The maximum absolute atomic E-state index is 13.0. The summed E-state index contributed by atoms with van der Waals surface area (Å²) >= 11 is 1.42. The molecule has 0 aromatic heterocycles. The Kier molecular flexibility index (Phi) is 9.45. The molecular formula is C18H22ClFN2OS. The number of nitrogens with one attached hydrogen (secondary N) is 1. The van der Waals surface area contributed by atoms with E-state index in [1.54, 1.807) is 12.1 Å². The van der Waals surface area contributed by atoms with Crippen molar-refractivity contribution in [2.45, 2.75) is 23.0 Å². The molecule has 0 spiro atoms. The summed E-state index contributed by atoms with van der Waals surface area (Å²) in [7, 11) is 0. The van der Waals surface area contributed by atoms with Crippen LogP contribution >= 0.6 is 24.2 Å². The number of amides is 1. The van der Waals surface area contributed by atoms with Crippen molar-refractivity contribution in [3.05, 3.63) is 66.0 Å². The third kappa shape index (κ3) is 6.51. The standard InChI is InChI=1S/C18H21FN2OS.ClH/c19-15-8-10-16(11-9-15)23-17(14-6-2-1-3-7-14)18(22)21-13-5-4-12-20;/h1-3,6-11,17H,4-5,12-13,20H2,(H,21,22);1H. The average molecular weight is 369 g/mol. The summed E-state index contributed by atoms with van der Waals surface area (Å²) in [6, 6.07) is 15.8. The minimum Gasteiger partial charge on any atom is -0.355 e. The van der Waals surface area contributed by atoms with Crippen molar-refractivity contribution in [1.82, 2.24) is 5.32 Å². The van der Waals surface area contributed by atoms with Crippen LogP contribution in [-0.2, 0) is 4.79 Å². The van der Waals surface area contributed by atoms with Crippen LogP contribution in [0.1, 0.15) is 23.7 Å². The summed E-state index contributed by atoms with van der Waals surface area (Å²) in [5.41, 5.74) is 6.39. The Morgan fingerprint density at radius 3 is 2.38 bits per heavy atom. The number of thioether (sulfide) groups is 1. The lowest BCUT2D eigenvalue weighted by atomic mass is 10.1. The Bertz CT molecular complexity index is 610. The Morgan fingerprint density at radius 2 is 1.75 bits per heavy atom. The number of rotatable bonds is 8. The molecule has 3 N–H and O–H groups in total. The van der Waals surface area contributed by atoms with Crippen LogP contribution in [0.15, 0.2) is 59.5 Å². The van der Waals surface area contributed by atoms with Crippen molar-refractivity contribution < 1.29 is 9.18 Å². The normalized spacial score (nSPS) is 11.4. The van der Waals surface area contributed by atoms with Crippen LogP contribution in [0, 0.1) is 5.82 Å². The molecule has 1 amide bonds. The summed E-state index contributed by atoms with van der Waals surface area (Å²) in [5, 5.41) is 2.60. The van der Waals surface area contributed by atoms with Crippen molar-refractivity contribution in [2.24, 2.45) is 5.73 Å². The van der Waals surface area contributed by atoms with E-state index in [0.717, 1.165) is 23.3 Å². The van der Waals surface area contributed by atoms with Crippen molar-refractivity contribution in [3.8, 4) is 0 Å². The van der Waals surface area contributed by atoms with Crippen LogP contribution < -0.4 is 11.1 Å². The molecule has 2 aromatic carbocycles. The lowest BCUT2D eigenvalue weighted by Gasteiger charge is -2.17. The smallest absolute Gasteiger partial charge is 0.237 e. The van der Waals surface area contributed by atoms with E-state index in [-0.39, 0.29) is 29.4 Å². The average Bonchev–Trinajstić information content (AvgIpc) is 2.59. The van der Waals surface area contributed by atoms with Gasteiger partial charge in [-0.05, 0) is 49.2 Å². The van der Waals surface area contributed by atoms with E-state index in [2.05, 4.69) is 5.32 Å². The van der Waals surface area contributed by atoms with Crippen molar-refractivity contribution in [1.29, 1.82) is 0 Å². The van der Waals surface area contributed by atoms with Crippen LogP contribution in [0.5, 0.6) is 0 Å². The minimum atomic E-state index is -0.362. The number of hydrogen-bond donors (Lipinski definition) is 2. The Hall–Kier alpha value is -1.56. The van der Waals surface area contributed by atoms with Gasteiger partial charge in [0.15, 0.2) is 0 Å². The predicted molar refractivity (Wildman–Crippen MR) is 100.0 cm³/mol. The van der Waals surface area contributed by atoms with Gasteiger partial charge in [-0.2, -0.15) is 0 Å². The zero-order chi connectivity index (χ0) is 16.5. The third-order valence-electron chi connectivity index (χ3n) is 3.34. The quantitative estimate of drug-likeness (QED) is 0.548. The fourth-order valence-corrected chi connectivity index (χ4v) is 3.17. The van der Waals surface area contributed by atoms with E-state index in [4.69, 9.17) is 5.73 Å². The van der Waals surface area contributed by atoms with E-state index in [0.29, 0.717) is 13.1 Å². The Morgan fingerprint density at radius 1 is 1.08 bits per heavy atom. The van der Waals surface area contributed by atoms with Gasteiger partial charge in [0.25, 0.3) is 0 Å². The molecule has 2 rings (SSSR count). The first-order valence-corrected chi connectivity index (χ1v) is 8.53. The molecule has 2 aromatic rings. The number of halogens is 2. The van der Waals surface area contributed by atoms with Crippen LogP contribution in [0.4, 0.5) is 4.39 Å². The van der Waals surface area contributed by atoms with Gasteiger partial charge in [-0.25, -0.2) is 4.39 Å². The summed E-state index contributed by atoms with van der Waals surface area (Å²) in [4.78, 5) is 13.4. The first kappa shape index (κ1) is 20.5. The number of nitrogens with two attached hydrogens (primary N) is 1. The van der Waals surface area contributed by atoms with Crippen LogP contribution in [0.2, 0.25) is 0 Å². The molecule has 1 unspecified atom stereocenters. The Labute approximate surface area is 152 Å². The highest BCUT2D eigenvalue weighted by Gasteiger charge is 2.21. The van der Waals surface area contributed by atoms with Gasteiger partial charge < -0.3 is 11.1 Å². The molecule has 0 aliphatic carbocycles. The topological polar surface area (TPSA) is 55.1 Å². The maximum atomic E-state index is 13.0. The molecule has 1 atom stereocenters. The SMILES string of the molecule is Cl.NCCCCNC(=O)C(Sc1ccc(F)cc1)c1ccccc1. The van der Waals surface area contributed by atoms with Gasteiger partial charge >= 0.3 is 0 Å². The first-order valence-electron chi connectivity index (χ1n) is 7.65. The summed E-state index contributed by atoms with van der Waals surface area (Å²) < 4.78 is 13.0. The molecule has 0 aliphatic rings. The minimum absolute atomic E-state index is 0. The van der Waals surface area contributed by atoms with Gasteiger partial charge in [0.1, 0.15) is 11.1 Å². The van der Waals surface area contributed by atoms with Gasteiger partial charge in [-0.1, -0.05) is 30.3 Å². The molecule has 0 heterocycles. The highest BCUT2D eigenvalue weighted by atomic mass is 35.5. The van der Waals surface area contributed by atoms with Gasteiger partial charge in [0.2, 0.25) is 5.91 Å². The van der Waals surface area contributed by atoms with Crippen molar-refractivity contribution in [2.75, 3.05) is 13.1 Å². The Balaban J connectivity index is 0.00000288. The number of unbranched alkanes of at least 4 members (excludes halogenated alkanes) is 1. The highest BCUT2D eigenvalue weighted by molar-refractivity contribution is 8.00.